The van der Waals surface area contributed by atoms with Crippen LogP contribution in [-0.2, 0) is 4.79 Å². The lowest BCUT2D eigenvalue weighted by atomic mass is 10.2. The van der Waals surface area contributed by atoms with Gasteiger partial charge in [-0.3, -0.25) is 4.79 Å². The number of carbonyl (C=O) groups excluding carboxylic acids is 1. The van der Waals surface area contributed by atoms with Crippen LogP contribution in [0.4, 0.5) is 5.69 Å². The molecule has 1 aliphatic heterocycles. The molecule has 0 radical (unpaired) electrons. The predicted octanol–water partition coefficient (Wildman–Crippen LogP) is 2.94. The van der Waals surface area contributed by atoms with E-state index in [-0.39, 0.29) is 19.2 Å². The molecule has 1 heterocycles. The van der Waals surface area contributed by atoms with Crippen molar-refractivity contribution >= 4 is 29.4 Å². The van der Waals surface area contributed by atoms with Crippen LogP contribution >= 0.6 is 11.6 Å². The Balaban J connectivity index is 1.51. The second kappa shape index (κ2) is 7.23. The fourth-order valence-corrected chi connectivity index (χ4v) is 2.36. The van der Waals surface area contributed by atoms with Crippen molar-refractivity contribution < 1.29 is 14.3 Å². The minimum absolute atomic E-state index is 0.0969. The van der Waals surface area contributed by atoms with E-state index in [4.69, 9.17) is 21.1 Å². The lowest BCUT2D eigenvalue weighted by molar-refractivity contribution is -0.119. The van der Waals surface area contributed by atoms with E-state index in [1.807, 2.05) is 25.1 Å². The zero-order valence-corrected chi connectivity index (χ0v) is 13.8. The maximum Gasteiger partial charge on any atom is 0.259 e. The number of fused-ring (bicyclic) bond motifs is 1. The molecule has 0 saturated heterocycles. The molecule has 7 heteroatoms. The van der Waals surface area contributed by atoms with Crippen molar-refractivity contribution in [3.63, 3.8) is 0 Å². The summed E-state index contributed by atoms with van der Waals surface area (Å²) in [7, 11) is 0. The highest BCUT2D eigenvalue weighted by molar-refractivity contribution is 6.31. The van der Waals surface area contributed by atoms with Gasteiger partial charge in [-0.2, -0.15) is 5.10 Å². The Hall–Kier alpha value is -2.73. The Morgan fingerprint density at radius 3 is 3.00 bits per heavy atom. The number of ether oxygens (including phenoxy) is 2. The number of benzene rings is 2. The molecule has 2 aromatic carbocycles. The van der Waals surface area contributed by atoms with E-state index in [0.717, 1.165) is 16.8 Å². The molecule has 24 heavy (non-hydrogen) atoms. The van der Waals surface area contributed by atoms with Crippen LogP contribution in [0.2, 0.25) is 5.02 Å². The lowest BCUT2D eigenvalue weighted by Gasteiger charge is -2.09. The molecule has 2 N–H and O–H groups in total. The maximum atomic E-state index is 11.8. The first-order valence-corrected chi connectivity index (χ1v) is 7.72. The number of hydrogen-bond donors (Lipinski definition) is 2. The van der Waals surface area contributed by atoms with Crippen LogP contribution in [0.1, 0.15) is 11.1 Å². The zero-order valence-electron chi connectivity index (χ0n) is 13.0. The highest BCUT2D eigenvalue weighted by Gasteiger charge is 2.12. The SMILES string of the molecule is Cc1c(Cl)cccc1NCC(=O)NN=Cc1ccc2c(c1)OCO2. The number of halogens is 1. The molecule has 0 aliphatic carbocycles. The van der Waals surface area contributed by atoms with Crippen LogP contribution in [0.15, 0.2) is 41.5 Å². The fraction of sp³-hybridized carbons (Fsp3) is 0.176. The number of hydrogen-bond acceptors (Lipinski definition) is 5. The Morgan fingerprint density at radius 1 is 1.29 bits per heavy atom. The predicted molar refractivity (Wildman–Crippen MR) is 93.0 cm³/mol. The largest absolute Gasteiger partial charge is 0.454 e. The van der Waals surface area contributed by atoms with Gasteiger partial charge >= 0.3 is 0 Å². The van der Waals surface area contributed by atoms with Gasteiger partial charge in [-0.15, -0.1) is 0 Å². The Bertz CT molecular complexity index is 793. The lowest BCUT2D eigenvalue weighted by Crippen LogP contribution is -2.26. The summed E-state index contributed by atoms with van der Waals surface area (Å²) >= 11 is 6.04. The summed E-state index contributed by atoms with van der Waals surface area (Å²) in [6.45, 7) is 2.21. The van der Waals surface area contributed by atoms with Crippen LogP contribution in [-0.4, -0.2) is 25.5 Å². The number of anilines is 1. The first-order valence-electron chi connectivity index (χ1n) is 7.34. The molecule has 1 aliphatic rings. The Labute approximate surface area is 144 Å². The fourth-order valence-electron chi connectivity index (χ4n) is 2.19. The summed E-state index contributed by atoms with van der Waals surface area (Å²) in [6, 6.07) is 10.9. The molecule has 0 aromatic heterocycles. The second-order valence-electron chi connectivity index (χ2n) is 5.17. The minimum Gasteiger partial charge on any atom is -0.454 e. The van der Waals surface area contributed by atoms with Crippen LogP contribution in [0, 0.1) is 6.92 Å². The van der Waals surface area contributed by atoms with Crippen molar-refractivity contribution in [2.24, 2.45) is 5.10 Å². The van der Waals surface area contributed by atoms with E-state index in [1.165, 1.54) is 0 Å². The van der Waals surface area contributed by atoms with Gasteiger partial charge in [0.2, 0.25) is 6.79 Å². The number of hydrazone groups is 1. The van der Waals surface area contributed by atoms with Crippen molar-refractivity contribution in [3.8, 4) is 11.5 Å². The van der Waals surface area contributed by atoms with Crippen molar-refractivity contribution in [3.05, 3.63) is 52.5 Å². The van der Waals surface area contributed by atoms with Crippen molar-refractivity contribution in [1.82, 2.24) is 5.43 Å². The highest BCUT2D eigenvalue weighted by Crippen LogP contribution is 2.31. The molecular weight excluding hydrogens is 330 g/mol. The molecule has 1 amide bonds. The molecule has 0 spiro atoms. The van der Waals surface area contributed by atoms with Crippen molar-refractivity contribution in [2.45, 2.75) is 6.92 Å². The summed E-state index contributed by atoms with van der Waals surface area (Å²) in [4.78, 5) is 11.8. The number of amides is 1. The van der Waals surface area contributed by atoms with E-state index in [2.05, 4.69) is 15.8 Å². The third-order valence-corrected chi connectivity index (χ3v) is 3.92. The van der Waals surface area contributed by atoms with Gasteiger partial charge in [0.15, 0.2) is 11.5 Å². The van der Waals surface area contributed by atoms with E-state index in [0.29, 0.717) is 16.5 Å². The van der Waals surface area contributed by atoms with Gasteiger partial charge in [0.1, 0.15) is 0 Å². The molecule has 0 atom stereocenters. The quantitative estimate of drug-likeness (QED) is 0.645. The number of nitrogens with one attached hydrogen (secondary N) is 2. The van der Waals surface area contributed by atoms with Gasteiger partial charge < -0.3 is 14.8 Å². The molecule has 0 bridgehead atoms. The maximum absolute atomic E-state index is 11.8. The third-order valence-electron chi connectivity index (χ3n) is 3.51. The van der Waals surface area contributed by atoms with Crippen molar-refractivity contribution in [2.75, 3.05) is 18.7 Å². The monoisotopic (exact) mass is 345 g/mol. The van der Waals surface area contributed by atoms with Gasteiger partial charge in [-0.25, -0.2) is 5.43 Å². The van der Waals surface area contributed by atoms with E-state index in [9.17, 15) is 4.79 Å². The highest BCUT2D eigenvalue weighted by atomic mass is 35.5. The molecule has 124 valence electrons. The van der Waals surface area contributed by atoms with Gasteiger partial charge in [-0.05, 0) is 48.4 Å². The van der Waals surface area contributed by atoms with Gasteiger partial charge in [0, 0.05) is 10.7 Å². The molecular formula is C17H16ClN3O3. The van der Waals surface area contributed by atoms with Crippen molar-refractivity contribution in [1.29, 1.82) is 0 Å². The van der Waals surface area contributed by atoms with Gasteiger partial charge in [0.25, 0.3) is 5.91 Å². The van der Waals surface area contributed by atoms with E-state index >= 15 is 0 Å². The number of rotatable bonds is 5. The standard InChI is InChI=1S/C17H16ClN3O3/c1-11-13(18)3-2-4-14(11)19-9-17(22)21-20-8-12-5-6-15-16(7-12)24-10-23-15/h2-8,19H,9-10H2,1H3,(H,21,22). The number of nitrogens with zero attached hydrogens (tertiary/aromatic N) is 1. The third kappa shape index (κ3) is 3.78. The van der Waals surface area contributed by atoms with E-state index in [1.54, 1.807) is 24.4 Å². The topological polar surface area (TPSA) is 72.0 Å². The average molecular weight is 346 g/mol. The summed E-state index contributed by atoms with van der Waals surface area (Å²) in [5.41, 5.74) is 4.99. The van der Waals surface area contributed by atoms with E-state index < -0.39 is 0 Å². The molecule has 3 rings (SSSR count). The average Bonchev–Trinajstić information content (AvgIpc) is 3.04. The Kier molecular flexibility index (Phi) is 4.86. The van der Waals surface area contributed by atoms with Gasteiger partial charge in [-0.1, -0.05) is 17.7 Å². The number of carbonyl (C=O) groups is 1. The summed E-state index contributed by atoms with van der Waals surface area (Å²) in [5, 5.41) is 7.62. The Morgan fingerprint density at radius 2 is 2.12 bits per heavy atom. The molecule has 0 unspecified atom stereocenters. The molecule has 2 aromatic rings. The smallest absolute Gasteiger partial charge is 0.259 e. The normalized spacial score (nSPS) is 12.4. The second-order valence-corrected chi connectivity index (χ2v) is 5.58. The van der Waals surface area contributed by atoms with Crippen LogP contribution in [0.25, 0.3) is 0 Å². The molecule has 0 fully saturated rings. The van der Waals surface area contributed by atoms with Crippen LogP contribution in [0.3, 0.4) is 0 Å². The first kappa shape index (κ1) is 16.1. The van der Waals surface area contributed by atoms with Crippen LogP contribution in [0.5, 0.6) is 11.5 Å². The summed E-state index contributed by atoms with van der Waals surface area (Å²) in [6.07, 6.45) is 1.55. The van der Waals surface area contributed by atoms with Crippen LogP contribution < -0.4 is 20.2 Å². The van der Waals surface area contributed by atoms with Gasteiger partial charge in [0.05, 0.1) is 12.8 Å². The first-order chi connectivity index (χ1) is 11.6. The zero-order chi connectivity index (χ0) is 16.9. The summed E-state index contributed by atoms with van der Waals surface area (Å²) in [5.74, 6) is 1.12. The summed E-state index contributed by atoms with van der Waals surface area (Å²) < 4.78 is 10.5. The molecule has 0 saturated carbocycles. The minimum atomic E-state index is -0.258. The molecule has 6 nitrogen and oxygen atoms in total.